The van der Waals surface area contributed by atoms with Gasteiger partial charge < -0.3 is 15.2 Å². The van der Waals surface area contributed by atoms with Gasteiger partial charge in [0.05, 0.1) is 29.0 Å². The van der Waals surface area contributed by atoms with E-state index in [0.29, 0.717) is 23.9 Å². The largest absolute Gasteiger partial charge is 0.484 e. The minimum absolute atomic E-state index is 0.144. The lowest BCUT2D eigenvalue weighted by Gasteiger charge is -2.27. The van der Waals surface area contributed by atoms with Crippen LogP contribution in [-0.4, -0.2) is 38.7 Å². The Kier molecular flexibility index (Phi) is 6.50. The van der Waals surface area contributed by atoms with Crippen LogP contribution in [-0.2, 0) is 4.79 Å². The fourth-order valence-corrected chi connectivity index (χ4v) is 3.72. The van der Waals surface area contributed by atoms with Gasteiger partial charge in [0.25, 0.3) is 5.91 Å². The summed E-state index contributed by atoms with van der Waals surface area (Å²) in [4.78, 5) is 23.2. The molecule has 1 aromatic heterocycles. The average Bonchev–Trinajstić information content (AvgIpc) is 3.25. The number of ether oxygens (including phenoxy) is 1. The highest BCUT2D eigenvalue weighted by molar-refractivity contribution is 5.89. The minimum Gasteiger partial charge on any atom is -0.484 e. The van der Waals surface area contributed by atoms with Gasteiger partial charge in [-0.15, -0.1) is 0 Å². The van der Waals surface area contributed by atoms with Crippen molar-refractivity contribution in [2.75, 3.05) is 0 Å². The smallest absolute Gasteiger partial charge is 0.335 e. The van der Waals surface area contributed by atoms with E-state index in [4.69, 9.17) is 4.74 Å². The van der Waals surface area contributed by atoms with Crippen molar-refractivity contribution in [2.24, 2.45) is 0 Å². The van der Waals surface area contributed by atoms with Gasteiger partial charge in [0.1, 0.15) is 11.9 Å². The monoisotopic (exact) mass is 479 g/mol. The summed E-state index contributed by atoms with van der Waals surface area (Å²) in [6, 6.07) is 19.9. The molecule has 0 saturated heterocycles. The maximum Gasteiger partial charge on any atom is 0.335 e. The molecule has 0 fully saturated rings. The van der Waals surface area contributed by atoms with E-state index in [9.17, 15) is 23.5 Å². The summed E-state index contributed by atoms with van der Waals surface area (Å²) in [5, 5.41) is 16.7. The molecule has 7 nitrogen and oxygen atoms in total. The van der Waals surface area contributed by atoms with Crippen molar-refractivity contribution in [3.63, 3.8) is 0 Å². The number of benzene rings is 3. The number of nitrogens with zero attached hydrogens (tertiary/aromatic N) is 2. The third kappa shape index (κ3) is 5.29. The quantitative estimate of drug-likeness (QED) is 0.371. The second kappa shape index (κ2) is 9.54. The molecule has 0 spiro atoms. The Labute approximate surface area is 200 Å². The van der Waals surface area contributed by atoms with Gasteiger partial charge in [-0.3, -0.25) is 4.79 Å². The molecule has 4 rings (SSSR count). The first-order valence-corrected chi connectivity index (χ1v) is 10.9. The summed E-state index contributed by atoms with van der Waals surface area (Å²) >= 11 is 0. The van der Waals surface area contributed by atoms with Gasteiger partial charge in [-0.1, -0.05) is 36.4 Å². The molecule has 180 valence electrons. The van der Waals surface area contributed by atoms with Crippen molar-refractivity contribution >= 4 is 22.8 Å². The number of aromatic nitrogens is 2. The van der Waals surface area contributed by atoms with Crippen LogP contribution in [0.15, 0.2) is 79.0 Å². The summed E-state index contributed by atoms with van der Waals surface area (Å²) in [5.74, 6) is -5.47. The second-order valence-electron chi connectivity index (χ2n) is 8.23. The number of amides is 1. The Morgan fingerprint density at radius 2 is 1.80 bits per heavy atom. The summed E-state index contributed by atoms with van der Waals surface area (Å²) in [5.41, 5.74) is 2.17. The molecule has 1 heterocycles. The zero-order valence-electron chi connectivity index (χ0n) is 19.0. The number of halogens is 2. The van der Waals surface area contributed by atoms with E-state index >= 15 is 0 Å². The van der Waals surface area contributed by atoms with Crippen LogP contribution in [0.5, 0.6) is 5.75 Å². The average molecular weight is 479 g/mol. The highest BCUT2D eigenvalue weighted by Gasteiger charge is 2.35. The lowest BCUT2D eigenvalue weighted by atomic mass is 10.0. The number of carbonyl (C=O) groups excluding carboxylic acids is 1. The second-order valence-corrected chi connectivity index (χ2v) is 8.23. The van der Waals surface area contributed by atoms with E-state index in [2.05, 4.69) is 10.4 Å². The highest BCUT2D eigenvalue weighted by atomic mass is 19.3. The molecule has 0 saturated carbocycles. The number of carbonyl (C=O) groups is 2. The number of hydrogen-bond donors (Lipinski definition) is 2. The molecule has 2 atom stereocenters. The van der Waals surface area contributed by atoms with Crippen molar-refractivity contribution in [3.05, 3.63) is 90.1 Å². The van der Waals surface area contributed by atoms with Gasteiger partial charge in [-0.05, 0) is 48.9 Å². The number of hydrogen-bond acceptors (Lipinski definition) is 4. The molecular formula is C26H23F2N3O4. The molecule has 0 aliphatic rings. The van der Waals surface area contributed by atoms with Crippen molar-refractivity contribution in [3.8, 4) is 11.4 Å². The normalized spacial score (nSPS) is 13.3. The van der Waals surface area contributed by atoms with Gasteiger partial charge in [-0.25, -0.2) is 9.48 Å². The maximum absolute atomic E-state index is 13.5. The Morgan fingerprint density at radius 1 is 1.06 bits per heavy atom. The van der Waals surface area contributed by atoms with E-state index in [1.807, 2.05) is 6.07 Å². The van der Waals surface area contributed by atoms with Crippen molar-refractivity contribution in [1.29, 1.82) is 0 Å². The van der Waals surface area contributed by atoms with Gasteiger partial charge in [-0.2, -0.15) is 13.9 Å². The minimum atomic E-state index is -3.51. The molecule has 9 heteroatoms. The van der Waals surface area contributed by atoms with Crippen molar-refractivity contribution in [1.82, 2.24) is 15.1 Å². The van der Waals surface area contributed by atoms with Gasteiger partial charge >= 0.3 is 11.9 Å². The fourth-order valence-electron chi connectivity index (χ4n) is 3.72. The molecule has 35 heavy (non-hydrogen) atoms. The molecule has 2 N–H and O–H groups in total. The molecule has 1 amide bonds. The van der Waals surface area contributed by atoms with E-state index < -0.39 is 29.9 Å². The first-order valence-electron chi connectivity index (χ1n) is 10.9. The van der Waals surface area contributed by atoms with Crippen molar-refractivity contribution in [2.45, 2.75) is 31.9 Å². The number of rotatable bonds is 8. The molecule has 0 unspecified atom stereocenters. The Balaban J connectivity index is 1.64. The van der Waals surface area contributed by atoms with Crippen LogP contribution in [0.1, 0.15) is 35.9 Å². The van der Waals surface area contributed by atoms with Crippen LogP contribution < -0.4 is 10.1 Å². The Morgan fingerprint density at radius 3 is 2.49 bits per heavy atom. The number of fused-ring (bicyclic) bond motifs is 1. The van der Waals surface area contributed by atoms with E-state index in [1.165, 1.54) is 12.1 Å². The lowest BCUT2D eigenvalue weighted by molar-refractivity contribution is -0.144. The number of alkyl halides is 2. The first kappa shape index (κ1) is 23.9. The number of carboxylic acid groups (broad SMARTS) is 1. The zero-order chi connectivity index (χ0) is 25.2. The Hall–Kier alpha value is -4.27. The standard InChI is InChI=1S/C26H23F2N3O4/c1-16(30-25(34)26(2,27)28)23(17-7-4-3-5-8-17)35-21-11-12-22-19(14-21)15-29-31(22)20-10-6-9-18(13-20)24(32)33/h3-16,23H,1-2H3,(H,30,34)(H,32,33)/t16-,23-/m0/s1. The first-order chi connectivity index (χ1) is 16.6. The van der Waals surface area contributed by atoms with E-state index in [1.54, 1.807) is 72.4 Å². The highest BCUT2D eigenvalue weighted by Crippen LogP contribution is 2.29. The summed E-state index contributed by atoms with van der Waals surface area (Å²) in [7, 11) is 0. The Bertz CT molecular complexity index is 1370. The SMILES string of the molecule is C[C@H](NC(=O)C(C)(F)F)[C@H](Oc1ccc2c(cnn2-c2cccc(C(=O)O)c2)c1)c1ccccc1. The maximum atomic E-state index is 13.5. The van der Waals surface area contributed by atoms with E-state index in [0.717, 1.165) is 10.9 Å². The van der Waals surface area contributed by atoms with Crippen LogP contribution in [0.3, 0.4) is 0 Å². The van der Waals surface area contributed by atoms with E-state index in [-0.39, 0.29) is 5.56 Å². The predicted octanol–water partition coefficient (Wildman–Crippen LogP) is 5.00. The summed E-state index contributed by atoms with van der Waals surface area (Å²) in [6.45, 7) is 2.15. The van der Waals surface area contributed by atoms with Crippen LogP contribution in [0.4, 0.5) is 8.78 Å². The van der Waals surface area contributed by atoms with Crippen LogP contribution in [0.2, 0.25) is 0 Å². The van der Waals surface area contributed by atoms with Crippen molar-refractivity contribution < 1.29 is 28.2 Å². The summed E-state index contributed by atoms with van der Waals surface area (Å²) in [6.07, 6.45) is 0.887. The lowest BCUT2D eigenvalue weighted by Crippen LogP contribution is -2.46. The molecule has 3 aromatic carbocycles. The zero-order valence-corrected chi connectivity index (χ0v) is 19.0. The molecule has 4 aromatic rings. The molecule has 0 aliphatic carbocycles. The molecule has 0 bridgehead atoms. The van der Waals surface area contributed by atoms with Gasteiger partial charge in [0.15, 0.2) is 0 Å². The molecule has 0 aliphatic heterocycles. The topological polar surface area (TPSA) is 93.5 Å². The number of carboxylic acids is 1. The molecule has 0 radical (unpaired) electrons. The number of aromatic carboxylic acids is 1. The van der Waals surface area contributed by atoms with Crippen LogP contribution in [0.25, 0.3) is 16.6 Å². The van der Waals surface area contributed by atoms with Gasteiger partial charge in [0.2, 0.25) is 0 Å². The van der Waals surface area contributed by atoms with Crippen LogP contribution >= 0.6 is 0 Å². The summed E-state index contributed by atoms with van der Waals surface area (Å²) < 4.78 is 34.7. The molecular weight excluding hydrogens is 456 g/mol. The van der Waals surface area contributed by atoms with Crippen LogP contribution in [0, 0.1) is 0 Å². The van der Waals surface area contributed by atoms with Gasteiger partial charge in [0, 0.05) is 12.3 Å². The number of nitrogens with one attached hydrogen (secondary N) is 1. The predicted molar refractivity (Wildman–Crippen MR) is 126 cm³/mol. The third-order valence-corrected chi connectivity index (χ3v) is 5.48. The fraction of sp³-hybridized carbons (Fsp3) is 0.192. The third-order valence-electron chi connectivity index (χ3n) is 5.48.